The van der Waals surface area contributed by atoms with Gasteiger partial charge in [0.2, 0.25) is 0 Å². The number of nitriles is 1. The molecular formula is C18H16ClN3O4. The fourth-order valence-electron chi connectivity index (χ4n) is 2.20. The summed E-state index contributed by atoms with van der Waals surface area (Å²) in [6.07, 6.45) is 3.04. The molecule has 0 fully saturated rings. The minimum Gasteiger partial charge on any atom is -0.456 e. The Kier molecular flexibility index (Phi) is 6.53. The van der Waals surface area contributed by atoms with Gasteiger partial charge < -0.3 is 9.73 Å². The molecule has 1 aromatic heterocycles. The molecule has 26 heavy (non-hydrogen) atoms. The van der Waals surface area contributed by atoms with E-state index in [0.29, 0.717) is 6.54 Å². The van der Waals surface area contributed by atoms with Crippen LogP contribution in [0.25, 0.3) is 17.4 Å². The number of nitrogens with zero attached hydrogens (tertiary/aromatic N) is 2. The summed E-state index contributed by atoms with van der Waals surface area (Å²) in [7, 11) is 0. The molecule has 1 aromatic carbocycles. The van der Waals surface area contributed by atoms with Crippen LogP contribution in [0.3, 0.4) is 0 Å². The normalized spacial score (nSPS) is 11.0. The van der Waals surface area contributed by atoms with E-state index in [9.17, 15) is 14.9 Å². The van der Waals surface area contributed by atoms with Gasteiger partial charge in [-0.15, -0.1) is 0 Å². The van der Waals surface area contributed by atoms with E-state index in [-0.39, 0.29) is 33.4 Å². The average molecular weight is 374 g/mol. The predicted octanol–water partition coefficient (Wildman–Crippen LogP) is 4.33. The first-order valence-electron chi connectivity index (χ1n) is 7.90. The van der Waals surface area contributed by atoms with Crippen molar-refractivity contribution in [3.05, 3.63) is 56.8 Å². The Labute approximate surface area is 155 Å². The van der Waals surface area contributed by atoms with E-state index in [1.807, 2.05) is 13.0 Å². The number of carbonyl (C=O) groups excluding carboxylic acids is 1. The van der Waals surface area contributed by atoms with Gasteiger partial charge in [0.05, 0.1) is 10.5 Å². The number of halogens is 1. The van der Waals surface area contributed by atoms with Gasteiger partial charge in [-0.3, -0.25) is 14.9 Å². The summed E-state index contributed by atoms with van der Waals surface area (Å²) in [6.45, 7) is 2.47. The quantitative estimate of drug-likeness (QED) is 0.255. The topological polar surface area (TPSA) is 109 Å². The van der Waals surface area contributed by atoms with Gasteiger partial charge in [-0.1, -0.05) is 24.9 Å². The van der Waals surface area contributed by atoms with Crippen molar-refractivity contribution in [2.75, 3.05) is 6.54 Å². The molecule has 0 atom stereocenters. The molecular weight excluding hydrogens is 358 g/mol. The SMILES string of the molecule is CCCCNC(=O)C(C#N)=Cc1ccc(-c2ccc(Cl)cc2[N+](=O)[O-])o1. The first-order chi connectivity index (χ1) is 12.5. The lowest BCUT2D eigenvalue weighted by molar-refractivity contribution is -0.384. The molecule has 134 valence electrons. The number of unbranched alkanes of at least 4 members (excludes halogenated alkanes) is 1. The number of furan rings is 1. The maximum atomic E-state index is 12.0. The van der Waals surface area contributed by atoms with Crippen LogP contribution in [-0.2, 0) is 4.79 Å². The minimum absolute atomic E-state index is 0.104. The second-order valence-corrected chi connectivity index (χ2v) is 5.84. The third kappa shape index (κ3) is 4.71. The van der Waals surface area contributed by atoms with E-state index < -0.39 is 10.8 Å². The molecule has 0 saturated heterocycles. The molecule has 2 rings (SSSR count). The Morgan fingerprint density at radius 2 is 2.19 bits per heavy atom. The van der Waals surface area contributed by atoms with Gasteiger partial charge in [0.15, 0.2) is 0 Å². The monoisotopic (exact) mass is 373 g/mol. The zero-order valence-electron chi connectivity index (χ0n) is 14.0. The third-order valence-corrected chi connectivity index (χ3v) is 3.75. The summed E-state index contributed by atoms with van der Waals surface area (Å²) in [5.41, 5.74) is -0.0437. The van der Waals surface area contributed by atoms with Crippen LogP contribution < -0.4 is 5.32 Å². The van der Waals surface area contributed by atoms with Crippen LogP contribution in [0.5, 0.6) is 0 Å². The molecule has 0 spiro atoms. The Morgan fingerprint density at radius 3 is 2.85 bits per heavy atom. The summed E-state index contributed by atoms with van der Waals surface area (Å²) in [6, 6.07) is 9.12. The highest BCUT2D eigenvalue weighted by Crippen LogP contribution is 2.33. The number of nitrogens with one attached hydrogen (secondary N) is 1. The number of hydrogen-bond acceptors (Lipinski definition) is 5. The fraction of sp³-hybridized carbons (Fsp3) is 0.222. The van der Waals surface area contributed by atoms with E-state index in [2.05, 4.69) is 5.32 Å². The molecule has 0 saturated carbocycles. The molecule has 0 aliphatic heterocycles. The predicted molar refractivity (Wildman–Crippen MR) is 97.3 cm³/mol. The highest BCUT2D eigenvalue weighted by Gasteiger charge is 2.19. The van der Waals surface area contributed by atoms with E-state index in [1.165, 1.54) is 36.4 Å². The van der Waals surface area contributed by atoms with Crippen LogP contribution >= 0.6 is 11.6 Å². The maximum absolute atomic E-state index is 12.0. The molecule has 1 amide bonds. The zero-order valence-corrected chi connectivity index (χ0v) is 14.7. The van der Waals surface area contributed by atoms with E-state index in [1.54, 1.807) is 0 Å². The van der Waals surface area contributed by atoms with Crippen molar-refractivity contribution in [1.82, 2.24) is 5.32 Å². The van der Waals surface area contributed by atoms with Gasteiger partial charge in [-0.2, -0.15) is 5.26 Å². The van der Waals surface area contributed by atoms with Crippen molar-refractivity contribution in [3.8, 4) is 17.4 Å². The summed E-state index contributed by atoms with van der Waals surface area (Å²) >= 11 is 5.80. The van der Waals surface area contributed by atoms with Crippen molar-refractivity contribution in [3.63, 3.8) is 0 Å². The Morgan fingerprint density at radius 1 is 1.42 bits per heavy atom. The Bertz CT molecular complexity index is 896. The number of nitro groups is 1. The van der Waals surface area contributed by atoms with Gasteiger partial charge in [-0.25, -0.2) is 0 Å². The van der Waals surface area contributed by atoms with Gasteiger partial charge in [0, 0.05) is 23.7 Å². The van der Waals surface area contributed by atoms with E-state index in [4.69, 9.17) is 21.3 Å². The lowest BCUT2D eigenvalue weighted by atomic mass is 10.1. The molecule has 1 heterocycles. The van der Waals surface area contributed by atoms with Crippen molar-refractivity contribution in [2.24, 2.45) is 0 Å². The third-order valence-electron chi connectivity index (χ3n) is 3.52. The summed E-state index contributed by atoms with van der Waals surface area (Å²) in [5, 5.41) is 23.2. The zero-order chi connectivity index (χ0) is 19.1. The minimum atomic E-state index is -0.554. The summed E-state index contributed by atoms with van der Waals surface area (Å²) in [4.78, 5) is 22.6. The molecule has 0 aliphatic carbocycles. The highest BCUT2D eigenvalue weighted by atomic mass is 35.5. The van der Waals surface area contributed by atoms with Gasteiger partial charge in [0.25, 0.3) is 11.6 Å². The average Bonchev–Trinajstić information content (AvgIpc) is 3.08. The van der Waals surface area contributed by atoms with Crippen LogP contribution in [0.15, 0.2) is 40.3 Å². The number of nitro benzene ring substituents is 1. The van der Waals surface area contributed by atoms with Crippen molar-refractivity contribution >= 4 is 29.3 Å². The molecule has 1 N–H and O–H groups in total. The number of amides is 1. The van der Waals surface area contributed by atoms with E-state index in [0.717, 1.165) is 12.8 Å². The highest BCUT2D eigenvalue weighted by molar-refractivity contribution is 6.30. The summed E-state index contributed by atoms with van der Waals surface area (Å²) in [5.74, 6) is -0.00823. The van der Waals surface area contributed by atoms with Crippen LogP contribution in [0.1, 0.15) is 25.5 Å². The second-order valence-electron chi connectivity index (χ2n) is 5.40. The molecule has 7 nitrogen and oxygen atoms in total. The van der Waals surface area contributed by atoms with Gasteiger partial charge in [0.1, 0.15) is 23.2 Å². The largest absolute Gasteiger partial charge is 0.456 e. The second kappa shape index (κ2) is 8.83. The molecule has 0 bridgehead atoms. The van der Waals surface area contributed by atoms with Crippen LogP contribution in [0.4, 0.5) is 5.69 Å². The molecule has 8 heteroatoms. The first kappa shape index (κ1) is 19.2. The molecule has 0 unspecified atom stereocenters. The number of carbonyl (C=O) groups is 1. The molecule has 2 aromatic rings. The van der Waals surface area contributed by atoms with Gasteiger partial charge in [-0.05, 0) is 30.7 Å². The standard InChI is InChI=1S/C18H16ClN3O4/c1-2-3-8-21-18(23)12(11-20)9-14-5-7-17(26-14)15-6-4-13(19)10-16(15)22(24)25/h4-7,9-10H,2-3,8H2,1H3,(H,21,23). The summed E-state index contributed by atoms with van der Waals surface area (Å²) < 4.78 is 5.55. The lowest BCUT2D eigenvalue weighted by Crippen LogP contribution is -2.25. The van der Waals surface area contributed by atoms with Crippen LogP contribution in [-0.4, -0.2) is 17.4 Å². The molecule has 0 aliphatic rings. The van der Waals surface area contributed by atoms with Crippen LogP contribution in [0.2, 0.25) is 5.02 Å². The number of benzene rings is 1. The number of hydrogen-bond donors (Lipinski definition) is 1. The lowest BCUT2D eigenvalue weighted by Gasteiger charge is -2.02. The Balaban J connectivity index is 2.28. The van der Waals surface area contributed by atoms with Crippen molar-refractivity contribution in [1.29, 1.82) is 5.26 Å². The Hall–Kier alpha value is -3.11. The van der Waals surface area contributed by atoms with Gasteiger partial charge >= 0.3 is 0 Å². The fourth-order valence-corrected chi connectivity index (χ4v) is 2.37. The van der Waals surface area contributed by atoms with Crippen molar-refractivity contribution in [2.45, 2.75) is 19.8 Å². The first-order valence-corrected chi connectivity index (χ1v) is 8.28. The van der Waals surface area contributed by atoms with Crippen molar-refractivity contribution < 1.29 is 14.1 Å². The maximum Gasteiger partial charge on any atom is 0.281 e. The van der Waals surface area contributed by atoms with E-state index >= 15 is 0 Å². The number of rotatable bonds is 7. The molecule has 0 radical (unpaired) electrons. The van der Waals surface area contributed by atoms with Crippen LogP contribution in [0, 0.1) is 21.4 Å². The smallest absolute Gasteiger partial charge is 0.281 e.